The number of anilines is 1. The molecular weight excluding hydrogens is 332 g/mol. The summed E-state index contributed by atoms with van der Waals surface area (Å²) >= 11 is 3.39. The number of rotatable bonds is 4. The first-order valence-electron chi connectivity index (χ1n) is 6.30. The van der Waals surface area contributed by atoms with Gasteiger partial charge >= 0.3 is 0 Å². The number of methoxy groups -OCH3 is 1. The van der Waals surface area contributed by atoms with Crippen molar-refractivity contribution in [3.05, 3.63) is 51.5 Å². The first-order valence-corrected chi connectivity index (χ1v) is 7.10. The second kappa shape index (κ2) is 6.51. The highest BCUT2D eigenvalue weighted by Gasteiger charge is 2.08. The minimum absolute atomic E-state index is 0.339. The minimum Gasteiger partial charge on any atom is -0.495 e. The fourth-order valence-corrected chi connectivity index (χ4v) is 2.63. The average molecular weight is 347 g/mol. The van der Waals surface area contributed by atoms with Crippen molar-refractivity contribution in [1.29, 1.82) is 5.26 Å². The zero-order valence-electron chi connectivity index (χ0n) is 11.8. The summed E-state index contributed by atoms with van der Waals surface area (Å²) in [5.74, 6) is 1.22. The van der Waals surface area contributed by atoms with Gasteiger partial charge in [0.05, 0.1) is 18.4 Å². The zero-order chi connectivity index (χ0) is 15.4. The lowest BCUT2D eigenvalue weighted by Crippen LogP contribution is -2.01. The molecule has 0 amide bonds. The number of benzene rings is 2. The summed E-state index contributed by atoms with van der Waals surface area (Å²) < 4.78 is 11.8. The Labute approximate surface area is 132 Å². The lowest BCUT2D eigenvalue weighted by molar-refractivity contribution is 0.305. The van der Waals surface area contributed by atoms with Crippen molar-refractivity contribution in [3.63, 3.8) is 0 Å². The highest BCUT2D eigenvalue weighted by molar-refractivity contribution is 9.10. The number of nitriles is 1. The van der Waals surface area contributed by atoms with Gasteiger partial charge in [0.15, 0.2) is 0 Å². The van der Waals surface area contributed by atoms with Gasteiger partial charge in [0.2, 0.25) is 0 Å². The van der Waals surface area contributed by atoms with Crippen LogP contribution in [0.1, 0.15) is 16.7 Å². The second-order valence-corrected chi connectivity index (χ2v) is 5.49. The van der Waals surface area contributed by atoms with Gasteiger partial charge in [-0.25, -0.2) is 0 Å². The van der Waals surface area contributed by atoms with Gasteiger partial charge in [-0.05, 0) is 42.3 Å². The van der Waals surface area contributed by atoms with Crippen molar-refractivity contribution < 1.29 is 9.47 Å². The van der Waals surface area contributed by atoms with Gasteiger partial charge in [0, 0.05) is 4.47 Å². The molecule has 0 atom stereocenters. The summed E-state index contributed by atoms with van der Waals surface area (Å²) in [4.78, 5) is 0. The number of nitrogens with two attached hydrogens (primary N) is 1. The molecule has 0 unspecified atom stereocenters. The highest BCUT2D eigenvalue weighted by Crippen LogP contribution is 2.31. The molecule has 0 bridgehead atoms. The van der Waals surface area contributed by atoms with Crippen LogP contribution in [0.3, 0.4) is 0 Å². The molecule has 0 aliphatic carbocycles. The van der Waals surface area contributed by atoms with Crippen LogP contribution in [0.2, 0.25) is 0 Å². The first-order chi connectivity index (χ1) is 10.0. The van der Waals surface area contributed by atoms with E-state index in [1.807, 2.05) is 19.1 Å². The van der Waals surface area contributed by atoms with E-state index in [1.165, 1.54) is 7.11 Å². The molecule has 2 rings (SSSR count). The standard InChI is InChI=1S/C16H15BrN2O2/c1-10-5-13(17)7-14(19)16(10)21-9-11-3-4-15(20-2)12(6-11)8-18/h3-7H,9,19H2,1-2H3. The van der Waals surface area contributed by atoms with Crippen molar-refractivity contribution in [2.45, 2.75) is 13.5 Å². The van der Waals surface area contributed by atoms with Crippen molar-refractivity contribution in [2.75, 3.05) is 12.8 Å². The molecule has 0 saturated carbocycles. The third kappa shape index (κ3) is 3.47. The predicted octanol–water partition coefficient (Wildman–Crippen LogP) is 3.80. The minimum atomic E-state index is 0.339. The second-order valence-electron chi connectivity index (χ2n) is 4.58. The Kier molecular flexibility index (Phi) is 4.71. The summed E-state index contributed by atoms with van der Waals surface area (Å²) in [6.45, 7) is 2.27. The van der Waals surface area contributed by atoms with Gasteiger partial charge in [0.25, 0.3) is 0 Å². The van der Waals surface area contributed by atoms with Crippen molar-refractivity contribution in [2.24, 2.45) is 0 Å². The van der Waals surface area contributed by atoms with Gasteiger partial charge in [-0.1, -0.05) is 22.0 Å². The molecule has 0 aliphatic rings. The van der Waals surface area contributed by atoms with E-state index in [9.17, 15) is 0 Å². The Balaban J connectivity index is 2.19. The van der Waals surface area contributed by atoms with E-state index in [4.69, 9.17) is 20.5 Å². The van der Waals surface area contributed by atoms with Gasteiger partial charge in [-0.2, -0.15) is 5.26 Å². The quantitative estimate of drug-likeness (QED) is 0.855. The van der Waals surface area contributed by atoms with E-state index in [0.29, 0.717) is 29.4 Å². The molecule has 108 valence electrons. The first kappa shape index (κ1) is 15.2. The molecule has 0 heterocycles. The number of hydrogen-bond donors (Lipinski definition) is 1. The molecule has 2 aromatic rings. The van der Waals surface area contributed by atoms with Crippen LogP contribution in [0.4, 0.5) is 5.69 Å². The van der Waals surface area contributed by atoms with Crippen molar-refractivity contribution in [1.82, 2.24) is 0 Å². The van der Waals surface area contributed by atoms with Crippen LogP contribution >= 0.6 is 15.9 Å². The van der Waals surface area contributed by atoms with Gasteiger partial charge in [-0.15, -0.1) is 0 Å². The Morgan fingerprint density at radius 3 is 2.67 bits per heavy atom. The van der Waals surface area contributed by atoms with Crippen molar-refractivity contribution in [3.8, 4) is 17.6 Å². The number of nitrogen functional groups attached to an aromatic ring is 1. The molecule has 0 radical (unpaired) electrons. The van der Waals surface area contributed by atoms with Crippen LogP contribution in [0.25, 0.3) is 0 Å². The molecule has 0 spiro atoms. The molecule has 4 nitrogen and oxygen atoms in total. The number of ether oxygens (including phenoxy) is 2. The largest absolute Gasteiger partial charge is 0.495 e. The molecule has 21 heavy (non-hydrogen) atoms. The van der Waals surface area contributed by atoms with Crippen molar-refractivity contribution >= 4 is 21.6 Å². The number of halogens is 1. The van der Waals surface area contributed by atoms with E-state index in [1.54, 1.807) is 18.2 Å². The van der Waals surface area contributed by atoms with E-state index in [0.717, 1.165) is 15.6 Å². The number of hydrogen-bond acceptors (Lipinski definition) is 4. The Morgan fingerprint density at radius 2 is 2.05 bits per heavy atom. The summed E-state index contributed by atoms with van der Waals surface area (Å²) in [7, 11) is 1.54. The topological polar surface area (TPSA) is 68.3 Å². The maximum absolute atomic E-state index is 9.08. The molecular formula is C16H15BrN2O2. The summed E-state index contributed by atoms with van der Waals surface area (Å²) in [5, 5.41) is 9.08. The van der Waals surface area contributed by atoms with E-state index < -0.39 is 0 Å². The molecule has 5 heteroatoms. The number of nitrogens with zero attached hydrogens (tertiary/aromatic N) is 1. The van der Waals surface area contributed by atoms with Gasteiger partial charge in [0.1, 0.15) is 24.2 Å². The lowest BCUT2D eigenvalue weighted by Gasteiger charge is -2.13. The predicted molar refractivity (Wildman–Crippen MR) is 85.3 cm³/mol. The van der Waals surface area contributed by atoms with Crippen LogP contribution in [0.5, 0.6) is 11.5 Å². The Bertz CT molecular complexity index is 685. The molecule has 0 aliphatic heterocycles. The highest BCUT2D eigenvalue weighted by atomic mass is 79.9. The zero-order valence-corrected chi connectivity index (χ0v) is 13.4. The van der Waals surface area contributed by atoms with Crippen LogP contribution < -0.4 is 15.2 Å². The van der Waals surface area contributed by atoms with E-state index in [-0.39, 0.29) is 0 Å². The molecule has 0 fully saturated rings. The molecule has 0 aromatic heterocycles. The molecule has 2 aromatic carbocycles. The average Bonchev–Trinajstić information content (AvgIpc) is 2.45. The van der Waals surface area contributed by atoms with Crippen LogP contribution in [-0.4, -0.2) is 7.11 Å². The summed E-state index contributed by atoms with van der Waals surface area (Å²) in [6, 6.07) is 11.2. The van der Waals surface area contributed by atoms with E-state index in [2.05, 4.69) is 22.0 Å². The third-order valence-corrected chi connectivity index (χ3v) is 3.49. The van der Waals surface area contributed by atoms with Gasteiger partial charge < -0.3 is 15.2 Å². The monoisotopic (exact) mass is 346 g/mol. The number of aryl methyl sites for hydroxylation is 1. The molecule has 0 saturated heterocycles. The third-order valence-electron chi connectivity index (χ3n) is 3.04. The summed E-state index contributed by atoms with van der Waals surface area (Å²) in [5.41, 5.74) is 8.86. The van der Waals surface area contributed by atoms with Crippen LogP contribution in [0, 0.1) is 18.3 Å². The smallest absolute Gasteiger partial charge is 0.145 e. The van der Waals surface area contributed by atoms with Crippen LogP contribution in [0.15, 0.2) is 34.8 Å². The fraction of sp³-hybridized carbons (Fsp3) is 0.188. The normalized spacial score (nSPS) is 10.0. The SMILES string of the molecule is COc1ccc(COc2c(C)cc(Br)cc2N)cc1C#N. The van der Waals surface area contributed by atoms with E-state index >= 15 is 0 Å². The molecule has 2 N–H and O–H groups in total. The maximum Gasteiger partial charge on any atom is 0.145 e. The van der Waals surface area contributed by atoms with Crippen LogP contribution in [-0.2, 0) is 6.61 Å². The van der Waals surface area contributed by atoms with Gasteiger partial charge in [-0.3, -0.25) is 0 Å². The Hall–Kier alpha value is -2.19. The Morgan fingerprint density at radius 1 is 1.29 bits per heavy atom. The maximum atomic E-state index is 9.08. The fourth-order valence-electron chi connectivity index (χ4n) is 2.04. The lowest BCUT2D eigenvalue weighted by atomic mass is 10.1. The summed E-state index contributed by atoms with van der Waals surface area (Å²) in [6.07, 6.45) is 0.